The number of anilines is 1. The second-order valence-electron chi connectivity index (χ2n) is 5.98. The van der Waals surface area contributed by atoms with Crippen LogP contribution in [0.4, 0.5) is 5.69 Å². The molecule has 1 N–H and O–H groups in total. The van der Waals surface area contributed by atoms with Gasteiger partial charge in [-0.05, 0) is 66.5 Å². The van der Waals surface area contributed by atoms with Gasteiger partial charge in [-0.3, -0.25) is 4.72 Å². The van der Waals surface area contributed by atoms with Crippen LogP contribution in [0.15, 0.2) is 45.6 Å². The lowest BCUT2D eigenvalue weighted by Gasteiger charge is -2.09. The van der Waals surface area contributed by atoms with Gasteiger partial charge in [0.2, 0.25) is 0 Å². The minimum atomic E-state index is -3.58. The molecule has 3 aromatic rings. The van der Waals surface area contributed by atoms with Crippen LogP contribution in [-0.4, -0.2) is 19.2 Å². The third-order valence-electron chi connectivity index (χ3n) is 4.27. The van der Waals surface area contributed by atoms with Crippen LogP contribution in [0.1, 0.15) is 24.5 Å². The van der Waals surface area contributed by atoms with Crippen molar-refractivity contribution in [3.63, 3.8) is 0 Å². The zero-order valence-corrected chi connectivity index (χ0v) is 16.2. The monoisotopic (exact) mass is 390 g/mol. The van der Waals surface area contributed by atoms with Crippen LogP contribution >= 0.6 is 23.1 Å². The summed E-state index contributed by atoms with van der Waals surface area (Å²) in [5.74, 6) is 0.970. The van der Waals surface area contributed by atoms with Crippen molar-refractivity contribution in [2.45, 2.75) is 35.4 Å². The van der Waals surface area contributed by atoms with Gasteiger partial charge in [0, 0.05) is 0 Å². The Labute approximate surface area is 155 Å². The summed E-state index contributed by atoms with van der Waals surface area (Å²) >= 11 is 3.29. The van der Waals surface area contributed by atoms with Crippen molar-refractivity contribution in [2.24, 2.45) is 0 Å². The molecule has 4 nitrogen and oxygen atoms in total. The summed E-state index contributed by atoms with van der Waals surface area (Å²) in [6.07, 6.45) is 3.11. The predicted octanol–water partition coefficient (Wildman–Crippen LogP) is 4.70. The van der Waals surface area contributed by atoms with Gasteiger partial charge in [0.25, 0.3) is 10.0 Å². The van der Waals surface area contributed by atoms with Gasteiger partial charge in [0.15, 0.2) is 4.34 Å². The lowest BCUT2D eigenvalue weighted by Crippen LogP contribution is -2.13. The van der Waals surface area contributed by atoms with Crippen molar-refractivity contribution in [1.82, 2.24) is 4.98 Å². The van der Waals surface area contributed by atoms with E-state index in [0.717, 1.165) is 45.1 Å². The van der Waals surface area contributed by atoms with E-state index in [1.807, 2.05) is 24.3 Å². The summed E-state index contributed by atoms with van der Waals surface area (Å²) in [5.41, 5.74) is 3.90. The van der Waals surface area contributed by atoms with Gasteiger partial charge in [-0.2, -0.15) is 0 Å². The van der Waals surface area contributed by atoms with Crippen molar-refractivity contribution >= 4 is 49.0 Å². The zero-order valence-electron chi connectivity index (χ0n) is 13.8. The van der Waals surface area contributed by atoms with E-state index >= 15 is 0 Å². The molecule has 25 heavy (non-hydrogen) atoms. The molecule has 0 saturated carbocycles. The molecule has 0 unspecified atom stereocenters. The van der Waals surface area contributed by atoms with E-state index in [0.29, 0.717) is 10.6 Å². The SMILES string of the molecule is CCSc1nc2ccc(NS(=O)(=O)c3ccc4c(c3)CCC4)cc2s1. The third kappa shape index (κ3) is 3.41. The molecular formula is C18H18N2O2S3. The molecular weight excluding hydrogens is 372 g/mol. The summed E-state index contributed by atoms with van der Waals surface area (Å²) in [4.78, 5) is 4.87. The Bertz CT molecular complexity index is 1040. The largest absolute Gasteiger partial charge is 0.280 e. The maximum Gasteiger partial charge on any atom is 0.261 e. The molecule has 0 fully saturated rings. The van der Waals surface area contributed by atoms with Crippen molar-refractivity contribution in [1.29, 1.82) is 0 Å². The average molecular weight is 391 g/mol. The molecule has 0 atom stereocenters. The third-order valence-corrected chi connectivity index (χ3v) is 7.69. The fourth-order valence-electron chi connectivity index (χ4n) is 3.08. The van der Waals surface area contributed by atoms with Crippen molar-refractivity contribution in [3.05, 3.63) is 47.5 Å². The molecule has 1 aliphatic rings. The van der Waals surface area contributed by atoms with E-state index in [1.54, 1.807) is 35.2 Å². The smallest absolute Gasteiger partial charge is 0.261 e. The molecule has 1 aliphatic carbocycles. The topological polar surface area (TPSA) is 59.1 Å². The molecule has 1 heterocycles. The lowest BCUT2D eigenvalue weighted by molar-refractivity contribution is 0.601. The van der Waals surface area contributed by atoms with Gasteiger partial charge < -0.3 is 0 Å². The minimum Gasteiger partial charge on any atom is -0.280 e. The second-order valence-corrected chi connectivity index (χ2v) is 10.2. The first kappa shape index (κ1) is 16.9. The number of rotatable bonds is 5. The van der Waals surface area contributed by atoms with Gasteiger partial charge in [-0.1, -0.05) is 24.8 Å². The van der Waals surface area contributed by atoms with Crippen molar-refractivity contribution in [2.75, 3.05) is 10.5 Å². The summed E-state index contributed by atoms with van der Waals surface area (Å²) in [6.45, 7) is 2.09. The standard InChI is InChI=1S/C18H18N2O2S3/c1-2-23-18-19-16-9-7-14(11-17(16)24-18)20-25(21,22)15-8-6-12-4-3-5-13(12)10-15/h6-11,20H,2-5H2,1H3. The van der Waals surface area contributed by atoms with E-state index < -0.39 is 10.0 Å². The molecule has 4 rings (SSSR count). The van der Waals surface area contributed by atoms with Crippen molar-refractivity contribution < 1.29 is 8.42 Å². The normalized spacial score (nSPS) is 14.0. The van der Waals surface area contributed by atoms with E-state index in [-0.39, 0.29) is 0 Å². The fourth-order valence-corrected chi connectivity index (χ4v) is 6.19. The molecule has 1 aromatic heterocycles. The number of benzene rings is 2. The lowest BCUT2D eigenvalue weighted by atomic mass is 10.1. The molecule has 7 heteroatoms. The Hall–Kier alpha value is -1.57. The Morgan fingerprint density at radius 3 is 2.84 bits per heavy atom. The molecule has 0 spiro atoms. The number of thiazole rings is 1. The number of aryl methyl sites for hydroxylation is 2. The first-order chi connectivity index (χ1) is 12.0. The predicted molar refractivity (Wildman–Crippen MR) is 105 cm³/mol. The number of hydrogen-bond donors (Lipinski definition) is 1. The van der Waals surface area contributed by atoms with Crippen LogP contribution in [0.2, 0.25) is 0 Å². The highest BCUT2D eigenvalue weighted by Gasteiger charge is 2.19. The maximum absolute atomic E-state index is 12.7. The average Bonchev–Trinajstić information content (AvgIpc) is 3.19. The molecule has 130 valence electrons. The zero-order chi connectivity index (χ0) is 17.4. The molecule has 0 saturated heterocycles. The number of thioether (sulfide) groups is 1. The molecule has 0 radical (unpaired) electrons. The summed E-state index contributed by atoms with van der Waals surface area (Å²) in [6, 6.07) is 11.0. The number of nitrogens with zero attached hydrogens (tertiary/aromatic N) is 1. The van der Waals surface area contributed by atoms with Crippen LogP contribution in [0.3, 0.4) is 0 Å². The van der Waals surface area contributed by atoms with Crippen LogP contribution < -0.4 is 4.72 Å². The van der Waals surface area contributed by atoms with E-state index in [4.69, 9.17) is 0 Å². The quantitative estimate of drug-likeness (QED) is 0.642. The Balaban J connectivity index is 1.63. The van der Waals surface area contributed by atoms with E-state index in [1.165, 1.54) is 5.56 Å². The van der Waals surface area contributed by atoms with Gasteiger partial charge in [-0.15, -0.1) is 11.3 Å². The Morgan fingerprint density at radius 1 is 1.16 bits per heavy atom. The highest BCUT2D eigenvalue weighted by Crippen LogP contribution is 2.32. The number of aromatic nitrogens is 1. The highest BCUT2D eigenvalue weighted by atomic mass is 32.2. The number of nitrogens with one attached hydrogen (secondary N) is 1. The molecule has 0 amide bonds. The Morgan fingerprint density at radius 2 is 2.00 bits per heavy atom. The van der Waals surface area contributed by atoms with Gasteiger partial charge in [0.1, 0.15) is 0 Å². The van der Waals surface area contributed by atoms with Crippen LogP contribution in [0.5, 0.6) is 0 Å². The van der Waals surface area contributed by atoms with E-state index in [9.17, 15) is 8.42 Å². The van der Waals surface area contributed by atoms with Gasteiger partial charge in [-0.25, -0.2) is 13.4 Å². The first-order valence-corrected chi connectivity index (χ1v) is 11.5. The molecule has 2 aromatic carbocycles. The minimum absolute atomic E-state index is 0.333. The maximum atomic E-state index is 12.7. The number of sulfonamides is 1. The van der Waals surface area contributed by atoms with Crippen LogP contribution in [-0.2, 0) is 22.9 Å². The van der Waals surface area contributed by atoms with Crippen LogP contribution in [0, 0.1) is 0 Å². The van der Waals surface area contributed by atoms with E-state index in [2.05, 4.69) is 16.6 Å². The Kier molecular flexibility index (Phi) is 4.47. The summed E-state index contributed by atoms with van der Waals surface area (Å²) in [5, 5.41) is 0. The van der Waals surface area contributed by atoms with Gasteiger partial charge in [0.05, 0.1) is 20.8 Å². The summed E-state index contributed by atoms with van der Waals surface area (Å²) in [7, 11) is -3.58. The highest BCUT2D eigenvalue weighted by molar-refractivity contribution is 8.01. The van der Waals surface area contributed by atoms with Crippen LogP contribution in [0.25, 0.3) is 10.2 Å². The second kappa shape index (κ2) is 6.63. The number of hydrogen-bond acceptors (Lipinski definition) is 5. The number of fused-ring (bicyclic) bond motifs is 2. The van der Waals surface area contributed by atoms with Gasteiger partial charge >= 0.3 is 0 Å². The van der Waals surface area contributed by atoms with Crippen molar-refractivity contribution in [3.8, 4) is 0 Å². The molecule has 0 bridgehead atoms. The summed E-state index contributed by atoms with van der Waals surface area (Å²) < 4.78 is 30.1. The fraction of sp³-hybridized carbons (Fsp3) is 0.278. The first-order valence-electron chi connectivity index (χ1n) is 8.23. The molecule has 0 aliphatic heterocycles.